The van der Waals surface area contributed by atoms with Crippen LogP contribution < -0.4 is 0 Å². The smallest absolute Gasteiger partial charge is 0.129 e. The second-order valence-electron chi connectivity index (χ2n) is 5.25. The first-order chi connectivity index (χ1) is 10.1. The van der Waals surface area contributed by atoms with Crippen LogP contribution in [0.15, 0.2) is 24.4 Å². The SMILES string of the molecule is Cc1cnc([C@H]2COCCN2Cc2ccc(Cl)cc2F)[nH]1. The van der Waals surface area contributed by atoms with Gasteiger partial charge < -0.3 is 9.72 Å². The summed E-state index contributed by atoms with van der Waals surface area (Å²) < 4.78 is 19.5. The van der Waals surface area contributed by atoms with Crippen molar-refractivity contribution in [3.8, 4) is 0 Å². The molecule has 1 aliphatic heterocycles. The molecule has 1 aliphatic rings. The minimum absolute atomic E-state index is 0.0162. The molecule has 4 nitrogen and oxygen atoms in total. The van der Waals surface area contributed by atoms with Gasteiger partial charge in [-0.3, -0.25) is 4.90 Å². The molecule has 112 valence electrons. The monoisotopic (exact) mass is 309 g/mol. The summed E-state index contributed by atoms with van der Waals surface area (Å²) >= 11 is 5.80. The van der Waals surface area contributed by atoms with E-state index in [2.05, 4.69) is 14.9 Å². The van der Waals surface area contributed by atoms with E-state index >= 15 is 0 Å². The molecule has 0 amide bonds. The topological polar surface area (TPSA) is 41.1 Å². The number of benzene rings is 1. The van der Waals surface area contributed by atoms with E-state index in [-0.39, 0.29) is 11.9 Å². The van der Waals surface area contributed by atoms with Gasteiger partial charge in [0.1, 0.15) is 11.6 Å². The molecule has 1 N–H and O–H groups in total. The summed E-state index contributed by atoms with van der Waals surface area (Å²) in [6.45, 7) is 4.42. The second-order valence-corrected chi connectivity index (χ2v) is 5.68. The van der Waals surface area contributed by atoms with Crippen molar-refractivity contribution in [3.05, 3.63) is 52.3 Å². The number of morpholine rings is 1. The van der Waals surface area contributed by atoms with E-state index in [4.69, 9.17) is 16.3 Å². The lowest BCUT2D eigenvalue weighted by Gasteiger charge is -2.34. The van der Waals surface area contributed by atoms with E-state index in [1.807, 2.05) is 6.92 Å². The van der Waals surface area contributed by atoms with Gasteiger partial charge in [-0.25, -0.2) is 9.37 Å². The Morgan fingerprint density at radius 3 is 3.10 bits per heavy atom. The number of rotatable bonds is 3. The summed E-state index contributed by atoms with van der Waals surface area (Å²) in [4.78, 5) is 9.79. The Morgan fingerprint density at radius 1 is 1.52 bits per heavy atom. The second kappa shape index (κ2) is 6.13. The molecular weight excluding hydrogens is 293 g/mol. The summed E-state index contributed by atoms with van der Waals surface area (Å²) in [5.74, 6) is 0.588. The molecule has 0 saturated carbocycles. The highest BCUT2D eigenvalue weighted by atomic mass is 35.5. The van der Waals surface area contributed by atoms with Crippen LogP contribution >= 0.6 is 11.6 Å². The number of nitrogens with one attached hydrogen (secondary N) is 1. The maximum absolute atomic E-state index is 14.0. The zero-order valence-corrected chi connectivity index (χ0v) is 12.5. The van der Waals surface area contributed by atoms with Crippen LogP contribution in [-0.4, -0.2) is 34.6 Å². The zero-order chi connectivity index (χ0) is 14.8. The highest BCUT2D eigenvalue weighted by Crippen LogP contribution is 2.25. The lowest BCUT2D eigenvalue weighted by atomic mass is 10.1. The summed E-state index contributed by atoms with van der Waals surface area (Å²) in [7, 11) is 0. The molecule has 1 aromatic heterocycles. The van der Waals surface area contributed by atoms with Crippen molar-refractivity contribution >= 4 is 11.6 Å². The number of halogens is 2. The fraction of sp³-hybridized carbons (Fsp3) is 0.400. The van der Waals surface area contributed by atoms with Crippen molar-refractivity contribution < 1.29 is 9.13 Å². The highest BCUT2D eigenvalue weighted by Gasteiger charge is 2.27. The average molecular weight is 310 g/mol. The largest absolute Gasteiger partial charge is 0.378 e. The molecule has 3 rings (SSSR count). The Bertz CT molecular complexity index is 631. The number of aromatic nitrogens is 2. The molecule has 21 heavy (non-hydrogen) atoms. The first-order valence-corrected chi connectivity index (χ1v) is 7.28. The lowest BCUT2D eigenvalue weighted by Crippen LogP contribution is -2.39. The van der Waals surface area contributed by atoms with E-state index in [0.29, 0.717) is 30.3 Å². The van der Waals surface area contributed by atoms with E-state index in [9.17, 15) is 4.39 Å². The van der Waals surface area contributed by atoms with Crippen molar-refractivity contribution in [3.63, 3.8) is 0 Å². The molecule has 0 spiro atoms. The molecule has 1 saturated heterocycles. The molecule has 0 aliphatic carbocycles. The van der Waals surface area contributed by atoms with Crippen molar-refractivity contribution in [1.29, 1.82) is 0 Å². The van der Waals surface area contributed by atoms with Crippen molar-refractivity contribution in [2.24, 2.45) is 0 Å². The third-order valence-corrected chi connectivity index (χ3v) is 3.90. The minimum atomic E-state index is -0.275. The molecular formula is C15H17ClFN3O. The number of aryl methyl sites for hydroxylation is 1. The molecule has 2 aromatic rings. The Morgan fingerprint density at radius 2 is 2.38 bits per heavy atom. The average Bonchev–Trinajstić information content (AvgIpc) is 2.89. The van der Waals surface area contributed by atoms with E-state index < -0.39 is 0 Å². The van der Waals surface area contributed by atoms with Crippen LogP contribution in [0.2, 0.25) is 5.02 Å². The lowest BCUT2D eigenvalue weighted by molar-refractivity contribution is -0.0160. The fourth-order valence-electron chi connectivity index (χ4n) is 2.55. The predicted octanol–water partition coefficient (Wildman–Crippen LogP) is 3.08. The Hall–Kier alpha value is -1.43. The van der Waals surface area contributed by atoms with Gasteiger partial charge >= 0.3 is 0 Å². The van der Waals surface area contributed by atoms with Crippen molar-refractivity contribution in [2.75, 3.05) is 19.8 Å². The Balaban J connectivity index is 1.81. The third kappa shape index (κ3) is 3.26. The van der Waals surface area contributed by atoms with E-state index in [1.54, 1.807) is 18.3 Å². The van der Waals surface area contributed by atoms with Crippen LogP contribution in [0.5, 0.6) is 0 Å². The van der Waals surface area contributed by atoms with Crippen LogP contribution in [0, 0.1) is 12.7 Å². The summed E-state index contributed by atoms with van der Waals surface area (Å²) in [6, 6.07) is 4.82. The molecule has 2 heterocycles. The molecule has 1 atom stereocenters. The van der Waals surface area contributed by atoms with Crippen LogP contribution in [0.3, 0.4) is 0 Å². The number of hydrogen-bond donors (Lipinski definition) is 1. The maximum Gasteiger partial charge on any atom is 0.129 e. The van der Waals surface area contributed by atoms with Gasteiger partial charge in [-0.15, -0.1) is 0 Å². The number of hydrogen-bond acceptors (Lipinski definition) is 3. The van der Waals surface area contributed by atoms with E-state index in [1.165, 1.54) is 6.07 Å². The fourth-order valence-corrected chi connectivity index (χ4v) is 2.71. The number of H-pyrrole nitrogens is 1. The molecule has 0 bridgehead atoms. The first-order valence-electron chi connectivity index (χ1n) is 6.90. The zero-order valence-electron chi connectivity index (χ0n) is 11.8. The van der Waals surface area contributed by atoms with Gasteiger partial charge in [0.05, 0.1) is 19.3 Å². The normalized spacial score (nSPS) is 19.9. The van der Waals surface area contributed by atoms with Crippen LogP contribution in [-0.2, 0) is 11.3 Å². The van der Waals surface area contributed by atoms with Gasteiger partial charge in [-0.05, 0) is 19.1 Å². The van der Waals surface area contributed by atoms with Crippen LogP contribution in [0.1, 0.15) is 23.1 Å². The molecule has 1 aromatic carbocycles. The van der Waals surface area contributed by atoms with Crippen molar-refractivity contribution in [2.45, 2.75) is 19.5 Å². The van der Waals surface area contributed by atoms with Gasteiger partial charge in [-0.2, -0.15) is 0 Å². The van der Waals surface area contributed by atoms with Gasteiger partial charge in [0, 0.05) is 35.6 Å². The highest BCUT2D eigenvalue weighted by molar-refractivity contribution is 6.30. The third-order valence-electron chi connectivity index (χ3n) is 3.67. The van der Waals surface area contributed by atoms with Gasteiger partial charge in [0.25, 0.3) is 0 Å². The quantitative estimate of drug-likeness (QED) is 0.947. The van der Waals surface area contributed by atoms with Gasteiger partial charge in [0.2, 0.25) is 0 Å². The first kappa shape index (κ1) is 14.5. The number of aromatic amines is 1. The van der Waals surface area contributed by atoms with Crippen LogP contribution in [0.25, 0.3) is 0 Å². The summed E-state index contributed by atoms with van der Waals surface area (Å²) in [5, 5.41) is 0.413. The van der Waals surface area contributed by atoms with Crippen molar-refractivity contribution in [1.82, 2.24) is 14.9 Å². The molecule has 1 fully saturated rings. The standard InChI is InChI=1S/C15H17ClFN3O/c1-10-7-18-15(19-10)14-9-21-5-4-20(14)8-11-2-3-12(16)6-13(11)17/h2-3,6-7,14H,4-5,8-9H2,1H3,(H,18,19)/t14-/m1/s1. The number of imidazole rings is 1. The minimum Gasteiger partial charge on any atom is -0.378 e. The van der Waals surface area contributed by atoms with E-state index in [0.717, 1.165) is 18.1 Å². The summed E-state index contributed by atoms with van der Waals surface area (Å²) in [5.41, 5.74) is 1.64. The number of nitrogens with zero attached hydrogens (tertiary/aromatic N) is 2. The molecule has 0 unspecified atom stereocenters. The van der Waals surface area contributed by atoms with Gasteiger partial charge in [0.15, 0.2) is 0 Å². The number of ether oxygens (including phenoxy) is 1. The van der Waals surface area contributed by atoms with Gasteiger partial charge in [-0.1, -0.05) is 17.7 Å². The summed E-state index contributed by atoms with van der Waals surface area (Å²) in [6.07, 6.45) is 1.80. The maximum atomic E-state index is 14.0. The molecule has 6 heteroatoms. The van der Waals surface area contributed by atoms with Crippen LogP contribution in [0.4, 0.5) is 4.39 Å². The molecule has 0 radical (unpaired) electrons. The Labute approximate surface area is 127 Å². The predicted molar refractivity (Wildman–Crippen MR) is 78.7 cm³/mol. The Kier molecular flexibility index (Phi) is 4.24.